The molecule has 1 aromatic rings. The number of likely N-dealkylation sites (tertiary alicyclic amines) is 1. The van der Waals surface area contributed by atoms with Crippen LogP contribution in [0, 0.1) is 0 Å². The largest absolute Gasteiger partial charge is 0.341 e. The summed E-state index contributed by atoms with van der Waals surface area (Å²) in [7, 11) is 1.95. The highest BCUT2D eigenvalue weighted by Gasteiger charge is 2.21. The lowest BCUT2D eigenvalue weighted by Crippen LogP contribution is -2.43. The summed E-state index contributed by atoms with van der Waals surface area (Å²) in [4.78, 5) is 31.1. The average molecular weight is 275 g/mol. The van der Waals surface area contributed by atoms with E-state index in [4.69, 9.17) is 0 Å². The van der Waals surface area contributed by atoms with E-state index in [2.05, 4.69) is 4.98 Å². The maximum absolute atomic E-state index is 12.1. The zero-order chi connectivity index (χ0) is 14.4. The zero-order valence-electron chi connectivity index (χ0n) is 11.9. The van der Waals surface area contributed by atoms with Crippen LogP contribution in [0.1, 0.15) is 18.4 Å². The van der Waals surface area contributed by atoms with Crippen molar-refractivity contribution in [3.05, 3.63) is 30.1 Å². The molecule has 0 bridgehead atoms. The van der Waals surface area contributed by atoms with Crippen LogP contribution < -0.4 is 0 Å². The number of likely N-dealkylation sites (N-methyl/N-ethyl adjacent to an activating group) is 1. The summed E-state index contributed by atoms with van der Waals surface area (Å²) in [6, 6.07) is 3.98. The molecule has 1 aromatic heterocycles. The van der Waals surface area contributed by atoms with Crippen molar-refractivity contribution in [2.24, 2.45) is 0 Å². The number of nitrogens with zero attached hydrogens (tertiary/aromatic N) is 3. The van der Waals surface area contributed by atoms with Crippen LogP contribution in [0.2, 0.25) is 0 Å². The molecule has 0 aromatic carbocycles. The quantitative estimate of drug-likeness (QED) is 0.795. The average Bonchev–Trinajstić information content (AvgIpc) is 2.47. The molecule has 108 valence electrons. The summed E-state index contributed by atoms with van der Waals surface area (Å²) in [5.41, 5.74) is 1.22. The second kappa shape index (κ2) is 7.14. The van der Waals surface area contributed by atoms with Crippen LogP contribution in [0.25, 0.3) is 0 Å². The van der Waals surface area contributed by atoms with Gasteiger partial charge in [0.1, 0.15) is 5.78 Å². The summed E-state index contributed by atoms with van der Waals surface area (Å²) in [5.74, 6) is 0.384. The Kier molecular flexibility index (Phi) is 5.24. The maximum Gasteiger partial charge on any atom is 0.236 e. The van der Waals surface area contributed by atoms with E-state index in [0.717, 1.165) is 13.0 Å². The van der Waals surface area contributed by atoms with E-state index in [1.165, 1.54) is 5.56 Å². The Hall–Kier alpha value is -1.75. The summed E-state index contributed by atoms with van der Waals surface area (Å²) in [5, 5.41) is 0. The first-order valence-electron chi connectivity index (χ1n) is 7.02. The number of Topliss-reactive ketones (excluding diaryl/α,β-unsaturated/α-hetero) is 1. The van der Waals surface area contributed by atoms with Gasteiger partial charge in [0.15, 0.2) is 0 Å². The van der Waals surface area contributed by atoms with Gasteiger partial charge >= 0.3 is 0 Å². The molecule has 0 N–H and O–H groups in total. The Labute approximate surface area is 119 Å². The van der Waals surface area contributed by atoms with Crippen molar-refractivity contribution >= 4 is 11.7 Å². The molecule has 1 aliphatic heterocycles. The van der Waals surface area contributed by atoms with E-state index in [0.29, 0.717) is 32.5 Å². The molecule has 5 nitrogen and oxygen atoms in total. The molecule has 0 atom stereocenters. The van der Waals surface area contributed by atoms with Gasteiger partial charge in [0, 0.05) is 44.9 Å². The fourth-order valence-corrected chi connectivity index (χ4v) is 2.28. The van der Waals surface area contributed by atoms with Gasteiger partial charge in [-0.1, -0.05) is 0 Å². The lowest BCUT2D eigenvalue weighted by atomic mass is 10.1. The Bertz CT molecular complexity index is 451. The van der Waals surface area contributed by atoms with E-state index in [1.807, 2.05) is 24.1 Å². The smallest absolute Gasteiger partial charge is 0.236 e. The molecule has 0 spiro atoms. The Balaban J connectivity index is 1.72. The first-order valence-corrected chi connectivity index (χ1v) is 7.02. The molecule has 2 rings (SSSR count). The second-order valence-corrected chi connectivity index (χ2v) is 5.26. The molecule has 1 saturated heterocycles. The SMILES string of the molecule is CN(CCc1ccncc1)CC(=O)N1CCC(=O)CC1. The topological polar surface area (TPSA) is 53.5 Å². The molecule has 1 amide bonds. The monoisotopic (exact) mass is 275 g/mol. The number of amides is 1. The van der Waals surface area contributed by atoms with Crippen LogP contribution in [-0.4, -0.2) is 59.7 Å². The lowest BCUT2D eigenvalue weighted by molar-refractivity contribution is -0.135. The van der Waals surface area contributed by atoms with Crippen molar-refractivity contribution in [1.82, 2.24) is 14.8 Å². The molecule has 0 saturated carbocycles. The van der Waals surface area contributed by atoms with Gasteiger partial charge in [0.2, 0.25) is 5.91 Å². The fourth-order valence-electron chi connectivity index (χ4n) is 2.28. The van der Waals surface area contributed by atoms with Crippen LogP contribution in [0.3, 0.4) is 0 Å². The van der Waals surface area contributed by atoms with Crippen molar-refractivity contribution < 1.29 is 9.59 Å². The van der Waals surface area contributed by atoms with E-state index >= 15 is 0 Å². The molecule has 1 fully saturated rings. The van der Waals surface area contributed by atoms with Gasteiger partial charge in [0.05, 0.1) is 6.54 Å². The van der Waals surface area contributed by atoms with E-state index in [1.54, 1.807) is 17.3 Å². The normalized spacial score (nSPS) is 15.7. The Morgan fingerprint density at radius 1 is 1.30 bits per heavy atom. The third kappa shape index (κ3) is 4.42. The van der Waals surface area contributed by atoms with Crippen molar-refractivity contribution in [1.29, 1.82) is 0 Å². The molecule has 0 unspecified atom stereocenters. The zero-order valence-corrected chi connectivity index (χ0v) is 11.9. The molecule has 20 heavy (non-hydrogen) atoms. The Morgan fingerprint density at radius 2 is 1.95 bits per heavy atom. The number of aromatic nitrogens is 1. The van der Waals surface area contributed by atoms with Gasteiger partial charge < -0.3 is 4.90 Å². The number of hydrogen-bond donors (Lipinski definition) is 0. The van der Waals surface area contributed by atoms with Gasteiger partial charge in [-0.2, -0.15) is 0 Å². The number of rotatable bonds is 5. The van der Waals surface area contributed by atoms with Crippen LogP contribution in [0.15, 0.2) is 24.5 Å². The van der Waals surface area contributed by atoms with Gasteiger partial charge in [0.25, 0.3) is 0 Å². The van der Waals surface area contributed by atoms with Crippen molar-refractivity contribution in [3.63, 3.8) is 0 Å². The van der Waals surface area contributed by atoms with E-state index < -0.39 is 0 Å². The number of ketones is 1. The van der Waals surface area contributed by atoms with Crippen molar-refractivity contribution in [3.8, 4) is 0 Å². The minimum atomic E-state index is 0.120. The molecular formula is C15H21N3O2. The maximum atomic E-state index is 12.1. The predicted molar refractivity (Wildman–Crippen MR) is 76.3 cm³/mol. The molecule has 1 aliphatic rings. The van der Waals surface area contributed by atoms with Gasteiger partial charge in [-0.05, 0) is 31.2 Å². The van der Waals surface area contributed by atoms with Gasteiger partial charge in [-0.15, -0.1) is 0 Å². The molecular weight excluding hydrogens is 254 g/mol. The predicted octanol–water partition coefficient (Wildman–Crippen LogP) is 0.747. The number of hydrogen-bond acceptors (Lipinski definition) is 4. The lowest BCUT2D eigenvalue weighted by Gasteiger charge is -2.28. The first-order chi connectivity index (χ1) is 9.65. The highest BCUT2D eigenvalue weighted by atomic mass is 16.2. The third-order valence-electron chi connectivity index (χ3n) is 3.61. The van der Waals surface area contributed by atoms with Crippen LogP contribution >= 0.6 is 0 Å². The molecule has 5 heteroatoms. The van der Waals surface area contributed by atoms with Crippen molar-refractivity contribution in [2.45, 2.75) is 19.3 Å². The number of piperidine rings is 1. The summed E-state index contributed by atoms with van der Waals surface area (Å²) in [6.07, 6.45) is 5.49. The number of carbonyl (C=O) groups excluding carboxylic acids is 2. The standard InChI is InChI=1S/C15H21N3O2/c1-17(9-4-13-2-7-16-8-3-13)12-15(20)18-10-5-14(19)6-11-18/h2-3,7-8H,4-6,9-12H2,1H3. The fraction of sp³-hybridized carbons (Fsp3) is 0.533. The molecule has 2 heterocycles. The van der Waals surface area contributed by atoms with E-state index in [9.17, 15) is 9.59 Å². The minimum Gasteiger partial charge on any atom is -0.341 e. The van der Waals surface area contributed by atoms with Crippen LogP contribution in [0.5, 0.6) is 0 Å². The van der Waals surface area contributed by atoms with E-state index in [-0.39, 0.29) is 11.7 Å². The summed E-state index contributed by atoms with van der Waals surface area (Å²) < 4.78 is 0. The molecule has 0 aliphatic carbocycles. The second-order valence-electron chi connectivity index (χ2n) is 5.26. The Morgan fingerprint density at radius 3 is 2.60 bits per heavy atom. The number of carbonyl (C=O) groups is 2. The third-order valence-corrected chi connectivity index (χ3v) is 3.61. The van der Waals surface area contributed by atoms with Crippen LogP contribution in [-0.2, 0) is 16.0 Å². The minimum absolute atomic E-state index is 0.120. The van der Waals surface area contributed by atoms with Crippen LogP contribution in [0.4, 0.5) is 0 Å². The van der Waals surface area contributed by atoms with Crippen molar-refractivity contribution in [2.75, 3.05) is 33.2 Å². The summed E-state index contributed by atoms with van der Waals surface area (Å²) in [6.45, 7) is 2.41. The number of pyridine rings is 1. The van der Waals surface area contributed by atoms with Gasteiger partial charge in [-0.3, -0.25) is 19.5 Å². The highest BCUT2D eigenvalue weighted by Crippen LogP contribution is 2.06. The summed E-state index contributed by atoms with van der Waals surface area (Å²) >= 11 is 0. The first kappa shape index (κ1) is 14.7. The van der Waals surface area contributed by atoms with Gasteiger partial charge in [-0.25, -0.2) is 0 Å². The molecule has 0 radical (unpaired) electrons. The highest BCUT2D eigenvalue weighted by molar-refractivity contribution is 5.84.